The summed E-state index contributed by atoms with van der Waals surface area (Å²) < 4.78 is 0. The van der Waals surface area contributed by atoms with E-state index in [0.29, 0.717) is 34.9 Å². The molecular formula is C22H37N3O2S3. The summed E-state index contributed by atoms with van der Waals surface area (Å²) >= 11 is 4.67. The van der Waals surface area contributed by atoms with Gasteiger partial charge in [-0.15, -0.1) is 0 Å². The highest BCUT2D eigenvalue weighted by atomic mass is 32.2. The van der Waals surface area contributed by atoms with Gasteiger partial charge in [0.1, 0.15) is 0 Å². The molecule has 0 spiro atoms. The van der Waals surface area contributed by atoms with Gasteiger partial charge in [0.25, 0.3) is 0 Å². The summed E-state index contributed by atoms with van der Waals surface area (Å²) in [5.74, 6) is 2.50. The van der Waals surface area contributed by atoms with Crippen LogP contribution in [-0.2, 0) is 9.59 Å². The molecule has 2 N–H and O–H groups in total. The molecule has 170 valence electrons. The van der Waals surface area contributed by atoms with Gasteiger partial charge >= 0.3 is 0 Å². The van der Waals surface area contributed by atoms with Crippen molar-refractivity contribution in [1.29, 1.82) is 0 Å². The zero-order chi connectivity index (χ0) is 23.1. The molecule has 0 saturated carbocycles. The monoisotopic (exact) mass is 471 g/mol. The molecule has 0 aromatic heterocycles. The molecule has 8 heteroatoms. The predicted octanol–water partition coefficient (Wildman–Crippen LogP) is 5.78. The van der Waals surface area contributed by atoms with Gasteiger partial charge in [0.2, 0.25) is 11.8 Å². The number of hydrogen-bond donors (Lipinski definition) is 2. The second-order valence-electron chi connectivity index (χ2n) is 7.64. The quantitative estimate of drug-likeness (QED) is 0.191. The summed E-state index contributed by atoms with van der Waals surface area (Å²) in [5.41, 5.74) is 0. The fourth-order valence-electron chi connectivity index (χ4n) is 2.16. The van der Waals surface area contributed by atoms with Crippen LogP contribution in [0.2, 0.25) is 0 Å². The van der Waals surface area contributed by atoms with Crippen molar-refractivity contribution in [3.05, 3.63) is 34.6 Å². The summed E-state index contributed by atoms with van der Waals surface area (Å²) in [7, 11) is 1.67. The third-order valence-corrected chi connectivity index (χ3v) is 6.27. The minimum absolute atomic E-state index is 0.00364. The van der Waals surface area contributed by atoms with E-state index in [9.17, 15) is 9.59 Å². The van der Waals surface area contributed by atoms with E-state index in [-0.39, 0.29) is 11.8 Å². The first-order valence-corrected chi connectivity index (χ1v) is 12.9. The number of thioether (sulfide) groups is 3. The van der Waals surface area contributed by atoms with Gasteiger partial charge in [-0.05, 0) is 46.0 Å². The van der Waals surface area contributed by atoms with Crippen LogP contribution in [0.15, 0.2) is 39.6 Å². The summed E-state index contributed by atoms with van der Waals surface area (Å²) in [4.78, 5) is 29.7. The first-order valence-electron chi connectivity index (χ1n) is 10.1. The number of amidine groups is 1. The molecule has 0 aromatic rings. The first kappa shape index (κ1) is 28.9. The molecule has 0 aromatic carbocycles. The number of rotatable bonds is 14. The average molecular weight is 472 g/mol. The molecule has 0 fully saturated rings. The van der Waals surface area contributed by atoms with Crippen LogP contribution in [-0.4, -0.2) is 35.5 Å². The van der Waals surface area contributed by atoms with Crippen LogP contribution in [0.4, 0.5) is 0 Å². The number of allylic oxidation sites excluding steroid dienone is 2. The normalized spacial score (nSPS) is 11.5. The molecule has 0 aliphatic rings. The fraction of sp³-hybridized carbons (Fsp3) is 0.591. The number of nitrogens with one attached hydrogen (secondary N) is 2. The van der Waals surface area contributed by atoms with Gasteiger partial charge < -0.3 is 10.6 Å². The van der Waals surface area contributed by atoms with E-state index in [0.717, 1.165) is 34.2 Å². The topological polar surface area (TPSA) is 70.6 Å². The molecule has 0 saturated heterocycles. The van der Waals surface area contributed by atoms with Gasteiger partial charge in [0.05, 0.1) is 5.03 Å². The number of hydrogen-bond acceptors (Lipinski definition) is 6. The molecule has 2 amide bonds. The number of nitrogens with zero attached hydrogens (tertiary/aromatic N) is 1. The minimum Gasteiger partial charge on any atom is -0.321 e. The van der Waals surface area contributed by atoms with Crippen molar-refractivity contribution in [3.8, 4) is 0 Å². The standard InChI is InChI=1S/C22H37N3O2S3/c1-15(2)13-20(26)24-19(7)29-17(5)9-11-28-12-10-18(6)30-22(23-8)25-21(27)14-16(3)4/h15-16H,5-7,9-14H2,1-4,8H3,(H,24,26)(H,23,25,27). The highest BCUT2D eigenvalue weighted by Crippen LogP contribution is 2.26. The van der Waals surface area contributed by atoms with E-state index < -0.39 is 0 Å². The Morgan fingerprint density at radius 3 is 1.77 bits per heavy atom. The van der Waals surface area contributed by atoms with Gasteiger partial charge in [0, 0.05) is 19.9 Å². The first-order chi connectivity index (χ1) is 14.0. The molecular weight excluding hydrogens is 434 g/mol. The Labute approximate surface area is 195 Å². The van der Waals surface area contributed by atoms with Gasteiger partial charge in [-0.3, -0.25) is 14.6 Å². The summed E-state index contributed by atoms with van der Waals surface area (Å²) in [6.45, 7) is 20.1. The van der Waals surface area contributed by atoms with Crippen LogP contribution in [0.3, 0.4) is 0 Å². The molecule has 5 nitrogen and oxygen atoms in total. The average Bonchev–Trinajstić information content (AvgIpc) is 2.58. The number of carbonyl (C=O) groups is 2. The van der Waals surface area contributed by atoms with Gasteiger partial charge in [-0.25, -0.2) is 0 Å². The van der Waals surface area contributed by atoms with E-state index in [2.05, 4.69) is 35.4 Å². The van der Waals surface area contributed by atoms with E-state index >= 15 is 0 Å². The van der Waals surface area contributed by atoms with Crippen LogP contribution >= 0.6 is 35.3 Å². The Bertz CT molecular complexity index is 644. The van der Waals surface area contributed by atoms with Crippen molar-refractivity contribution in [2.75, 3.05) is 18.6 Å². The molecule has 30 heavy (non-hydrogen) atoms. The van der Waals surface area contributed by atoms with Crippen molar-refractivity contribution in [1.82, 2.24) is 10.6 Å². The number of aliphatic imine (C=N–C) groups is 1. The lowest BCUT2D eigenvalue weighted by molar-refractivity contribution is -0.121. The predicted molar refractivity (Wildman–Crippen MR) is 138 cm³/mol. The summed E-state index contributed by atoms with van der Waals surface area (Å²) in [5, 5.41) is 6.88. The molecule has 0 unspecified atom stereocenters. The van der Waals surface area contributed by atoms with Crippen LogP contribution in [0.5, 0.6) is 0 Å². The van der Waals surface area contributed by atoms with Crippen molar-refractivity contribution in [3.63, 3.8) is 0 Å². The van der Waals surface area contributed by atoms with Gasteiger partial charge in [-0.1, -0.05) is 71.0 Å². The van der Waals surface area contributed by atoms with E-state index in [4.69, 9.17) is 0 Å². The highest BCUT2D eigenvalue weighted by molar-refractivity contribution is 8.17. The number of amides is 2. The van der Waals surface area contributed by atoms with Crippen LogP contribution in [0.25, 0.3) is 0 Å². The fourth-order valence-corrected chi connectivity index (χ4v) is 4.85. The molecule has 0 rings (SSSR count). The van der Waals surface area contributed by atoms with Crippen LogP contribution in [0, 0.1) is 11.8 Å². The Morgan fingerprint density at radius 2 is 1.30 bits per heavy atom. The number of carbonyl (C=O) groups excluding carboxylic acids is 2. The van der Waals surface area contributed by atoms with Crippen molar-refractivity contribution >= 4 is 52.3 Å². The smallest absolute Gasteiger partial charge is 0.226 e. The van der Waals surface area contributed by atoms with Crippen molar-refractivity contribution < 1.29 is 9.59 Å². The molecule has 0 aliphatic heterocycles. The minimum atomic E-state index is -0.0155. The molecule has 0 atom stereocenters. The van der Waals surface area contributed by atoms with E-state index in [1.54, 1.807) is 7.05 Å². The Balaban J connectivity index is 3.99. The zero-order valence-electron chi connectivity index (χ0n) is 19.0. The maximum atomic E-state index is 11.9. The second kappa shape index (κ2) is 16.6. The Morgan fingerprint density at radius 1 is 0.833 bits per heavy atom. The Kier molecular flexibility index (Phi) is 15.9. The van der Waals surface area contributed by atoms with Crippen molar-refractivity contribution in [2.45, 2.75) is 53.4 Å². The summed E-state index contributed by atoms with van der Waals surface area (Å²) in [6, 6.07) is 0. The highest BCUT2D eigenvalue weighted by Gasteiger charge is 2.10. The molecule has 0 bridgehead atoms. The van der Waals surface area contributed by atoms with Gasteiger partial charge in [-0.2, -0.15) is 11.8 Å². The van der Waals surface area contributed by atoms with Gasteiger partial charge in [0.15, 0.2) is 5.17 Å². The molecule has 0 heterocycles. The molecule has 0 radical (unpaired) electrons. The lowest BCUT2D eigenvalue weighted by atomic mass is 10.1. The maximum absolute atomic E-state index is 11.9. The maximum Gasteiger partial charge on any atom is 0.226 e. The second-order valence-corrected chi connectivity index (χ2v) is 11.3. The largest absolute Gasteiger partial charge is 0.321 e. The van der Waals surface area contributed by atoms with Crippen LogP contribution in [0.1, 0.15) is 53.4 Å². The third-order valence-electron chi connectivity index (χ3n) is 3.47. The molecule has 0 aliphatic carbocycles. The SMILES string of the molecule is C=C(CCSCCC(=C)S/C(=N\C)NC(=O)CC(C)C)SC(=C)NC(=O)CC(C)C. The lowest BCUT2D eigenvalue weighted by Gasteiger charge is -2.11. The Hall–Kier alpha value is -1.12. The van der Waals surface area contributed by atoms with Crippen molar-refractivity contribution in [2.24, 2.45) is 16.8 Å². The third kappa shape index (κ3) is 16.7. The van der Waals surface area contributed by atoms with E-state index in [1.807, 2.05) is 39.5 Å². The van der Waals surface area contributed by atoms with Crippen LogP contribution < -0.4 is 10.6 Å². The lowest BCUT2D eigenvalue weighted by Crippen LogP contribution is -2.29. The zero-order valence-corrected chi connectivity index (χ0v) is 21.5. The summed E-state index contributed by atoms with van der Waals surface area (Å²) in [6.07, 6.45) is 2.67. The van der Waals surface area contributed by atoms with E-state index in [1.165, 1.54) is 23.5 Å².